The standard InChI is InChI=1S/C22H22N4O3/c1-14-16-13-24-21(18-6-4-5-10-23-18)25-17(16)9-11-26(14)22(27)15-7-8-19(28-2)20(12-15)29-3/h4-8,10,12-14H,9,11H2,1-3H3/t14-/m0/s1. The summed E-state index contributed by atoms with van der Waals surface area (Å²) in [5.74, 6) is 1.68. The van der Waals surface area contributed by atoms with E-state index in [0.717, 1.165) is 17.0 Å². The normalized spacial score (nSPS) is 15.6. The summed E-state index contributed by atoms with van der Waals surface area (Å²) in [5.41, 5.74) is 3.23. The van der Waals surface area contributed by atoms with Gasteiger partial charge in [0.05, 0.1) is 26.0 Å². The van der Waals surface area contributed by atoms with E-state index < -0.39 is 0 Å². The van der Waals surface area contributed by atoms with Crippen LogP contribution in [0.3, 0.4) is 0 Å². The van der Waals surface area contributed by atoms with Gasteiger partial charge in [-0.3, -0.25) is 9.78 Å². The van der Waals surface area contributed by atoms with Gasteiger partial charge in [0.2, 0.25) is 0 Å². The number of ether oxygens (including phenoxy) is 2. The Morgan fingerprint density at radius 3 is 2.66 bits per heavy atom. The quantitative estimate of drug-likeness (QED) is 0.680. The first-order valence-electron chi connectivity index (χ1n) is 9.42. The molecule has 7 heteroatoms. The number of pyridine rings is 1. The first-order chi connectivity index (χ1) is 14.1. The fraction of sp³-hybridized carbons (Fsp3) is 0.273. The highest BCUT2D eigenvalue weighted by molar-refractivity contribution is 5.95. The van der Waals surface area contributed by atoms with Crippen molar-refractivity contribution >= 4 is 5.91 Å². The third-order valence-corrected chi connectivity index (χ3v) is 5.19. The predicted molar refractivity (Wildman–Crippen MR) is 108 cm³/mol. The Kier molecular flexibility index (Phi) is 5.12. The molecule has 1 atom stereocenters. The molecule has 0 saturated heterocycles. The molecule has 3 aromatic rings. The fourth-order valence-corrected chi connectivity index (χ4v) is 3.59. The molecule has 0 spiro atoms. The largest absolute Gasteiger partial charge is 0.493 e. The molecule has 7 nitrogen and oxygen atoms in total. The Morgan fingerprint density at radius 2 is 1.93 bits per heavy atom. The van der Waals surface area contributed by atoms with Crippen LogP contribution < -0.4 is 9.47 Å². The zero-order chi connectivity index (χ0) is 20.4. The van der Waals surface area contributed by atoms with E-state index in [2.05, 4.69) is 9.97 Å². The van der Waals surface area contributed by atoms with Crippen LogP contribution in [0, 0.1) is 0 Å². The highest BCUT2D eigenvalue weighted by atomic mass is 16.5. The van der Waals surface area contributed by atoms with E-state index in [0.29, 0.717) is 35.9 Å². The summed E-state index contributed by atoms with van der Waals surface area (Å²) < 4.78 is 10.6. The van der Waals surface area contributed by atoms with E-state index in [1.807, 2.05) is 36.2 Å². The van der Waals surface area contributed by atoms with Crippen LogP contribution in [0.5, 0.6) is 11.5 Å². The van der Waals surface area contributed by atoms with E-state index in [4.69, 9.17) is 14.5 Å². The Labute approximate surface area is 169 Å². The minimum absolute atomic E-state index is 0.0575. The van der Waals surface area contributed by atoms with Gasteiger partial charge in [-0.25, -0.2) is 9.97 Å². The summed E-state index contributed by atoms with van der Waals surface area (Å²) in [4.78, 5) is 28.5. The van der Waals surface area contributed by atoms with Crippen LogP contribution >= 0.6 is 0 Å². The summed E-state index contributed by atoms with van der Waals surface area (Å²) >= 11 is 0. The van der Waals surface area contributed by atoms with E-state index in [-0.39, 0.29) is 11.9 Å². The number of methoxy groups -OCH3 is 2. The predicted octanol–water partition coefficient (Wildman–Crippen LogP) is 3.32. The van der Waals surface area contributed by atoms with Crippen molar-refractivity contribution in [3.05, 3.63) is 65.6 Å². The monoisotopic (exact) mass is 390 g/mol. The van der Waals surface area contributed by atoms with E-state index in [1.54, 1.807) is 38.6 Å². The van der Waals surface area contributed by atoms with Crippen molar-refractivity contribution in [3.63, 3.8) is 0 Å². The van der Waals surface area contributed by atoms with Crippen LogP contribution in [0.4, 0.5) is 0 Å². The lowest BCUT2D eigenvalue weighted by molar-refractivity contribution is 0.0675. The molecule has 4 rings (SSSR count). The molecular formula is C22H22N4O3. The highest BCUT2D eigenvalue weighted by Crippen LogP contribution is 2.32. The van der Waals surface area contributed by atoms with Gasteiger partial charge in [-0.2, -0.15) is 0 Å². The minimum Gasteiger partial charge on any atom is -0.493 e. The molecule has 148 valence electrons. The molecule has 1 aromatic carbocycles. The number of carbonyl (C=O) groups excluding carboxylic acids is 1. The Bertz CT molecular complexity index is 1040. The van der Waals surface area contributed by atoms with Crippen LogP contribution in [-0.2, 0) is 6.42 Å². The average Bonchev–Trinajstić information content (AvgIpc) is 2.78. The number of carbonyl (C=O) groups is 1. The van der Waals surface area contributed by atoms with Crippen molar-refractivity contribution in [1.82, 2.24) is 19.9 Å². The number of fused-ring (bicyclic) bond motifs is 1. The summed E-state index contributed by atoms with van der Waals surface area (Å²) in [7, 11) is 3.13. The van der Waals surface area contributed by atoms with Crippen molar-refractivity contribution < 1.29 is 14.3 Å². The molecule has 29 heavy (non-hydrogen) atoms. The van der Waals surface area contributed by atoms with Gasteiger partial charge >= 0.3 is 0 Å². The van der Waals surface area contributed by atoms with Crippen LogP contribution in [0.1, 0.15) is 34.6 Å². The number of rotatable bonds is 4. The fourth-order valence-electron chi connectivity index (χ4n) is 3.59. The molecule has 0 N–H and O–H groups in total. The van der Waals surface area contributed by atoms with Crippen molar-refractivity contribution in [1.29, 1.82) is 0 Å². The van der Waals surface area contributed by atoms with Crippen LogP contribution in [0.25, 0.3) is 11.5 Å². The van der Waals surface area contributed by atoms with E-state index in [1.165, 1.54) is 0 Å². The number of aromatic nitrogens is 3. The van der Waals surface area contributed by atoms with Gasteiger partial charge in [-0.05, 0) is 37.3 Å². The van der Waals surface area contributed by atoms with Crippen LogP contribution in [0.15, 0.2) is 48.8 Å². The Hall–Kier alpha value is -3.48. The maximum Gasteiger partial charge on any atom is 0.254 e. The molecule has 0 aliphatic carbocycles. The SMILES string of the molecule is COc1ccc(C(=O)N2CCc3nc(-c4ccccn4)ncc3[C@@H]2C)cc1OC. The van der Waals surface area contributed by atoms with E-state index >= 15 is 0 Å². The molecule has 0 bridgehead atoms. The van der Waals surface area contributed by atoms with Gasteiger partial charge in [-0.15, -0.1) is 0 Å². The molecule has 1 amide bonds. The van der Waals surface area contributed by atoms with Gasteiger partial charge in [0.1, 0.15) is 5.69 Å². The maximum absolute atomic E-state index is 13.2. The van der Waals surface area contributed by atoms with Crippen LogP contribution in [0.2, 0.25) is 0 Å². The molecule has 1 aliphatic heterocycles. The molecule has 0 saturated carbocycles. The number of nitrogens with zero attached hydrogens (tertiary/aromatic N) is 4. The second-order valence-electron chi connectivity index (χ2n) is 6.80. The second kappa shape index (κ2) is 7.87. The molecule has 0 fully saturated rings. The summed E-state index contributed by atoms with van der Waals surface area (Å²) in [6, 6.07) is 10.8. The zero-order valence-corrected chi connectivity index (χ0v) is 16.6. The number of benzene rings is 1. The molecule has 0 unspecified atom stereocenters. The van der Waals surface area contributed by atoms with E-state index in [9.17, 15) is 4.79 Å². The smallest absolute Gasteiger partial charge is 0.254 e. The first kappa shape index (κ1) is 18.9. The first-order valence-corrected chi connectivity index (χ1v) is 9.42. The second-order valence-corrected chi connectivity index (χ2v) is 6.80. The number of amides is 1. The third-order valence-electron chi connectivity index (χ3n) is 5.19. The lowest BCUT2D eigenvalue weighted by Crippen LogP contribution is -2.39. The van der Waals surface area contributed by atoms with Crippen LogP contribution in [-0.4, -0.2) is 46.5 Å². The van der Waals surface area contributed by atoms with Gasteiger partial charge in [0, 0.05) is 36.5 Å². The summed E-state index contributed by atoms with van der Waals surface area (Å²) in [6.07, 6.45) is 4.20. The molecule has 1 aliphatic rings. The summed E-state index contributed by atoms with van der Waals surface area (Å²) in [6.45, 7) is 2.58. The Morgan fingerprint density at radius 1 is 1.10 bits per heavy atom. The zero-order valence-electron chi connectivity index (χ0n) is 16.6. The van der Waals surface area contributed by atoms with Crippen molar-refractivity contribution in [2.24, 2.45) is 0 Å². The van der Waals surface area contributed by atoms with Gasteiger partial charge in [0.25, 0.3) is 5.91 Å². The Balaban J connectivity index is 1.60. The van der Waals surface area contributed by atoms with Gasteiger partial charge < -0.3 is 14.4 Å². The minimum atomic E-state index is -0.128. The topological polar surface area (TPSA) is 77.4 Å². The van der Waals surface area contributed by atoms with Crippen molar-refractivity contribution in [2.75, 3.05) is 20.8 Å². The molecule has 3 heterocycles. The number of hydrogen-bond donors (Lipinski definition) is 0. The molecular weight excluding hydrogens is 368 g/mol. The summed E-state index contributed by atoms with van der Waals surface area (Å²) in [5, 5.41) is 0. The maximum atomic E-state index is 13.2. The highest BCUT2D eigenvalue weighted by Gasteiger charge is 2.30. The lowest BCUT2D eigenvalue weighted by atomic mass is 9.98. The lowest BCUT2D eigenvalue weighted by Gasteiger charge is -2.34. The van der Waals surface area contributed by atoms with Gasteiger partial charge in [-0.1, -0.05) is 6.07 Å². The van der Waals surface area contributed by atoms with Gasteiger partial charge in [0.15, 0.2) is 17.3 Å². The molecule has 2 aromatic heterocycles. The third kappa shape index (κ3) is 3.51. The van der Waals surface area contributed by atoms with Crippen molar-refractivity contribution in [3.8, 4) is 23.0 Å². The average molecular weight is 390 g/mol. The number of hydrogen-bond acceptors (Lipinski definition) is 6. The van der Waals surface area contributed by atoms with Crippen molar-refractivity contribution in [2.45, 2.75) is 19.4 Å². The molecule has 0 radical (unpaired) electrons.